The molecular weight excluding hydrogens is 230 g/mol. The molecule has 0 radical (unpaired) electrons. The Balaban J connectivity index is 2.27. The van der Waals surface area contributed by atoms with E-state index in [9.17, 15) is 0 Å². The Labute approximate surface area is 106 Å². The summed E-state index contributed by atoms with van der Waals surface area (Å²) in [5.41, 5.74) is 1.22. The van der Waals surface area contributed by atoms with Crippen LogP contribution in [0.2, 0.25) is 0 Å². The molecule has 0 aliphatic heterocycles. The molecule has 1 unspecified atom stereocenters. The van der Waals surface area contributed by atoms with Crippen LogP contribution in [0, 0.1) is 0 Å². The molecule has 1 atom stereocenters. The van der Waals surface area contributed by atoms with Gasteiger partial charge in [-0.15, -0.1) is 0 Å². The van der Waals surface area contributed by atoms with Crippen LogP contribution in [0.25, 0.3) is 0 Å². The molecule has 0 saturated heterocycles. The lowest BCUT2D eigenvalue weighted by molar-refractivity contribution is 0.634. The highest BCUT2D eigenvalue weighted by molar-refractivity contribution is 7.99. The van der Waals surface area contributed by atoms with Crippen molar-refractivity contribution in [3.05, 3.63) is 48.4 Å². The van der Waals surface area contributed by atoms with E-state index in [-0.39, 0.29) is 0 Å². The second-order valence-corrected chi connectivity index (χ2v) is 4.76. The van der Waals surface area contributed by atoms with Gasteiger partial charge >= 0.3 is 0 Å². The van der Waals surface area contributed by atoms with Crippen LogP contribution in [0.15, 0.2) is 52.8 Å². The van der Waals surface area contributed by atoms with Crippen LogP contribution in [0.1, 0.15) is 18.5 Å². The van der Waals surface area contributed by atoms with Gasteiger partial charge in [-0.25, -0.2) is 4.98 Å². The van der Waals surface area contributed by atoms with Crippen LogP contribution in [-0.4, -0.2) is 17.0 Å². The summed E-state index contributed by atoms with van der Waals surface area (Å²) in [6, 6.07) is 8.37. The zero-order chi connectivity index (χ0) is 12.1. The van der Waals surface area contributed by atoms with Gasteiger partial charge in [0.2, 0.25) is 0 Å². The van der Waals surface area contributed by atoms with Crippen LogP contribution in [0.4, 0.5) is 0 Å². The van der Waals surface area contributed by atoms with E-state index >= 15 is 0 Å². The monoisotopic (exact) mass is 245 g/mol. The van der Waals surface area contributed by atoms with Crippen molar-refractivity contribution < 1.29 is 0 Å². The first-order valence-electron chi connectivity index (χ1n) is 5.51. The molecule has 0 aliphatic rings. The Morgan fingerprint density at radius 1 is 1.18 bits per heavy atom. The molecule has 2 aromatic rings. The third-order valence-electron chi connectivity index (χ3n) is 2.56. The Kier molecular flexibility index (Phi) is 4.12. The molecule has 0 bridgehead atoms. The van der Waals surface area contributed by atoms with Gasteiger partial charge in [0.25, 0.3) is 0 Å². The van der Waals surface area contributed by atoms with Crippen LogP contribution in [-0.2, 0) is 0 Å². The van der Waals surface area contributed by atoms with E-state index in [0.717, 1.165) is 9.92 Å². The highest BCUT2D eigenvalue weighted by Crippen LogP contribution is 2.30. The zero-order valence-corrected chi connectivity index (χ0v) is 10.7. The van der Waals surface area contributed by atoms with E-state index in [1.54, 1.807) is 24.2 Å². The van der Waals surface area contributed by atoms with Crippen molar-refractivity contribution in [2.24, 2.45) is 0 Å². The second-order valence-electron chi connectivity index (χ2n) is 3.69. The van der Waals surface area contributed by atoms with Gasteiger partial charge < -0.3 is 5.32 Å². The van der Waals surface area contributed by atoms with E-state index in [0.29, 0.717) is 6.04 Å². The van der Waals surface area contributed by atoms with E-state index in [2.05, 4.69) is 28.3 Å². The number of aromatic nitrogens is 2. The van der Waals surface area contributed by atoms with Crippen LogP contribution in [0.5, 0.6) is 0 Å². The van der Waals surface area contributed by atoms with Crippen molar-refractivity contribution in [2.45, 2.75) is 22.9 Å². The van der Waals surface area contributed by atoms with E-state index in [4.69, 9.17) is 0 Å². The van der Waals surface area contributed by atoms with Gasteiger partial charge in [-0.3, -0.25) is 4.98 Å². The number of rotatable bonds is 4. The molecule has 0 aromatic carbocycles. The van der Waals surface area contributed by atoms with Crippen molar-refractivity contribution in [3.8, 4) is 0 Å². The quantitative estimate of drug-likeness (QED) is 0.898. The van der Waals surface area contributed by atoms with Crippen LogP contribution < -0.4 is 5.32 Å². The molecule has 2 aromatic heterocycles. The summed E-state index contributed by atoms with van der Waals surface area (Å²) in [4.78, 5) is 9.62. The summed E-state index contributed by atoms with van der Waals surface area (Å²) in [5, 5.41) is 4.28. The van der Waals surface area contributed by atoms with Gasteiger partial charge in [-0.2, -0.15) is 0 Å². The van der Waals surface area contributed by atoms with Gasteiger partial charge in [-0.1, -0.05) is 17.8 Å². The van der Waals surface area contributed by atoms with Crippen molar-refractivity contribution in [1.82, 2.24) is 15.3 Å². The van der Waals surface area contributed by atoms with E-state index < -0.39 is 0 Å². The number of hydrogen-bond donors (Lipinski definition) is 1. The first kappa shape index (κ1) is 12.1. The maximum Gasteiger partial charge on any atom is 0.105 e. The van der Waals surface area contributed by atoms with E-state index in [1.807, 2.05) is 31.4 Å². The lowest BCUT2D eigenvalue weighted by atomic mass is 10.1. The fourth-order valence-corrected chi connectivity index (χ4v) is 2.45. The molecule has 2 heterocycles. The number of nitrogens with one attached hydrogen (secondary N) is 1. The summed E-state index contributed by atoms with van der Waals surface area (Å²) in [5.74, 6) is 0. The van der Waals surface area contributed by atoms with Crippen molar-refractivity contribution in [3.63, 3.8) is 0 Å². The molecule has 0 aliphatic carbocycles. The minimum Gasteiger partial charge on any atom is -0.313 e. The van der Waals surface area contributed by atoms with Gasteiger partial charge in [0.05, 0.1) is 0 Å². The smallest absolute Gasteiger partial charge is 0.105 e. The van der Waals surface area contributed by atoms with Crippen LogP contribution in [0.3, 0.4) is 0 Å². The summed E-state index contributed by atoms with van der Waals surface area (Å²) >= 11 is 1.67. The Morgan fingerprint density at radius 3 is 2.65 bits per heavy atom. The van der Waals surface area contributed by atoms with Crippen molar-refractivity contribution in [2.75, 3.05) is 7.05 Å². The van der Waals surface area contributed by atoms with Gasteiger partial charge in [0.15, 0.2) is 0 Å². The normalized spacial score (nSPS) is 12.4. The molecule has 0 fully saturated rings. The average Bonchev–Trinajstić information content (AvgIpc) is 2.40. The molecular formula is C13H15N3S. The predicted octanol–water partition coefficient (Wildman–Crippen LogP) is 2.91. The Bertz CT molecular complexity index is 473. The molecule has 3 nitrogen and oxygen atoms in total. The largest absolute Gasteiger partial charge is 0.313 e. The lowest BCUT2D eigenvalue weighted by Crippen LogP contribution is -2.13. The topological polar surface area (TPSA) is 37.8 Å². The highest BCUT2D eigenvalue weighted by atomic mass is 32.2. The third kappa shape index (κ3) is 3.05. The number of pyridine rings is 2. The summed E-state index contributed by atoms with van der Waals surface area (Å²) in [6.45, 7) is 2.13. The molecule has 0 saturated carbocycles. The maximum atomic E-state index is 4.45. The molecule has 88 valence electrons. The molecule has 4 heteroatoms. The van der Waals surface area contributed by atoms with Crippen molar-refractivity contribution >= 4 is 11.8 Å². The van der Waals surface area contributed by atoms with Crippen LogP contribution >= 0.6 is 11.8 Å². The molecule has 2 rings (SSSR count). The molecule has 0 spiro atoms. The Morgan fingerprint density at radius 2 is 1.94 bits per heavy atom. The fraction of sp³-hybridized carbons (Fsp3) is 0.231. The number of hydrogen-bond acceptors (Lipinski definition) is 4. The van der Waals surface area contributed by atoms with Gasteiger partial charge in [0, 0.05) is 35.1 Å². The minimum atomic E-state index is 0.299. The lowest BCUT2D eigenvalue weighted by Gasteiger charge is -2.14. The number of nitrogens with zero attached hydrogens (tertiary/aromatic N) is 2. The fourth-order valence-electron chi connectivity index (χ4n) is 1.49. The Hall–Kier alpha value is -1.39. The van der Waals surface area contributed by atoms with Crippen molar-refractivity contribution in [1.29, 1.82) is 0 Å². The maximum absolute atomic E-state index is 4.45. The zero-order valence-electron chi connectivity index (χ0n) is 9.92. The second kappa shape index (κ2) is 5.80. The van der Waals surface area contributed by atoms with E-state index in [1.165, 1.54) is 5.56 Å². The molecule has 17 heavy (non-hydrogen) atoms. The minimum absolute atomic E-state index is 0.299. The summed E-state index contributed by atoms with van der Waals surface area (Å²) < 4.78 is 0. The first-order valence-corrected chi connectivity index (χ1v) is 6.33. The summed E-state index contributed by atoms with van der Waals surface area (Å²) in [6.07, 6.45) is 5.42. The van der Waals surface area contributed by atoms with Gasteiger partial charge in [-0.05, 0) is 32.2 Å². The standard InChI is InChI=1S/C13H15N3S/c1-10(14-2)12-4-3-7-16-13(12)17-11-5-8-15-9-6-11/h3-10,14H,1-2H3. The third-order valence-corrected chi connectivity index (χ3v) is 3.61. The van der Waals surface area contributed by atoms with Gasteiger partial charge in [0.1, 0.15) is 5.03 Å². The average molecular weight is 245 g/mol. The molecule has 1 N–H and O–H groups in total. The SMILES string of the molecule is CNC(C)c1cccnc1Sc1ccncc1. The predicted molar refractivity (Wildman–Crippen MR) is 70.1 cm³/mol. The highest BCUT2D eigenvalue weighted by Gasteiger charge is 2.10. The first-order chi connectivity index (χ1) is 8.31. The summed E-state index contributed by atoms with van der Waals surface area (Å²) in [7, 11) is 1.96. The molecule has 0 amide bonds.